The van der Waals surface area contributed by atoms with Gasteiger partial charge in [0.25, 0.3) is 0 Å². The van der Waals surface area contributed by atoms with Crippen LogP contribution in [0.15, 0.2) is 58.3 Å². The molecule has 1 aromatic heterocycles. The molecule has 174 valence electrons. The number of nitrogens with one attached hydrogen (secondary N) is 2. The molecule has 0 saturated carbocycles. The molecule has 0 saturated heterocycles. The average molecular weight is 460 g/mol. The van der Waals surface area contributed by atoms with Gasteiger partial charge in [-0.05, 0) is 54.7 Å². The lowest BCUT2D eigenvalue weighted by Crippen LogP contribution is -2.29. The highest BCUT2D eigenvalue weighted by Gasteiger charge is 2.41. The van der Waals surface area contributed by atoms with E-state index in [1.807, 2.05) is 37.3 Å². The van der Waals surface area contributed by atoms with Crippen LogP contribution < -0.4 is 15.4 Å². The fraction of sp³-hybridized carbons (Fsp3) is 0.269. The van der Waals surface area contributed by atoms with Crippen molar-refractivity contribution in [2.24, 2.45) is 0 Å². The number of anilines is 2. The summed E-state index contributed by atoms with van der Waals surface area (Å²) < 4.78 is 10.8. The van der Waals surface area contributed by atoms with Crippen LogP contribution in [0.25, 0.3) is 0 Å². The Bertz CT molecular complexity index is 1320. The van der Waals surface area contributed by atoms with Crippen LogP contribution in [0.1, 0.15) is 54.0 Å². The van der Waals surface area contributed by atoms with E-state index in [4.69, 9.17) is 9.26 Å². The number of hydrogen-bond donors (Lipinski definition) is 3. The van der Waals surface area contributed by atoms with Crippen molar-refractivity contribution < 1.29 is 24.0 Å². The van der Waals surface area contributed by atoms with Gasteiger partial charge in [0.1, 0.15) is 0 Å². The van der Waals surface area contributed by atoms with Crippen LogP contribution >= 0.6 is 0 Å². The SMILES string of the molecule is COc1cc([C@@H]2CC(=O)C3=C(C2)Nc2onc(C)c2[C@H]3c2ccc(NC(C)=O)cc2)ccc1O. The second kappa shape index (κ2) is 8.37. The van der Waals surface area contributed by atoms with Crippen molar-refractivity contribution in [3.8, 4) is 11.5 Å². The van der Waals surface area contributed by atoms with Crippen LogP contribution in [0.5, 0.6) is 11.5 Å². The van der Waals surface area contributed by atoms with Gasteiger partial charge in [-0.1, -0.05) is 23.4 Å². The lowest BCUT2D eigenvalue weighted by atomic mass is 9.72. The summed E-state index contributed by atoms with van der Waals surface area (Å²) in [6.45, 7) is 3.33. The number of aromatic hydroxyl groups is 1. The van der Waals surface area contributed by atoms with E-state index >= 15 is 0 Å². The largest absolute Gasteiger partial charge is 0.504 e. The van der Waals surface area contributed by atoms with E-state index < -0.39 is 0 Å². The number of phenols is 1. The van der Waals surface area contributed by atoms with Crippen molar-refractivity contribution in [2.75, 3.05) is 17.7 Å². The summed E-state index contributed by atoms with van der Waals surface area (Å²) in [5.41, 5.74) is 5.65. The summed E-state index contributed by atoms with van der Waals surface area (Å²) in [5.74, 6) is 0.515. The molecule has 3 N–H and O–H groups in total. The minimum absolute atomic E-state index is 0.0491. The third kappa shape index (κ3) is 3.71. The number of amides is 1. The zero-order valence-electron chi connectivity index (χ0n) is 19.1. The van der Waals surface area contributed by atoms with Crippen molar-refractivity contribution in [1.82, 2.24) is 5.16 Å². The molecule has 5 rings (SSSR count). The van der Waals surface area contributed by atoms with Crippen LogP contribution in [-0.2, 0) is 9.59 Å². The number of benzene rings is 2. The van der Waals surface area contributed by atoms with Gasteiger partial charge in [0, 0.05) is 36.2 Å². The molecule has 8 heteroatoms. The normalized spacial score (nSPS) is 19.2. The second-order valence-electron chi connectivity index (χ2n) is 8.72. The Labute approximate surface area is 196 Å². The number of allylic oxidation sites excluding steroid dienone is 2. The fourth-order valence-corrected chi connectivity index (χ4v) is 4.95. The van der Waals surface area contributed by atoms with E-state index in [1.165, 1.54) is 14.0 Å². The highest BCUT2D eigenvalue weighted by Crippen LogP contribution is 2.49. The predicted octanol–water partition coefficient (Wildman–Crippen LogP) is 4.61. The maximum absolute atomic E-state index is 13.6. The summed E-state index contributed by atoms with van der Waals surface area (Å²) in [6, 6.07) is 12.7. The molecule has 1 amide bonds. The zero-order chi connectivity index (χ0) is 24.0. The molecule has 2 aliphatic rings. The lowest BCUT2D eigenvalue weighted by Gasteiger charge is -2.34. The van der Waals surface area contributed by atoms with E-state index in [2.05, 4.69) is 15.8 Å². The average Bonchev–Trinajstić information content (AvgIpc) is 3.18. The number of aromatic nitrogens is 1. The van der Waals surface area contributed by atoms with Gasteiger partial charge in [0.2, 0.25) is 11.8 Å². The molecular formula is C26H25N3O5. The van der Waals surface area contributed by atoms with E-state index in [1.54, 1.807) is 12.1 Å². The first-order chi connectivity index (χ1) is 16.4. The van der Waals surface area contributed by atoms with E-state index in [0.29, 0.717) is 35.7 Å². The number of carbonyl (C=O) groups excluding carboxylic acids is 2. The highest BCUT2D eigenvalue weighted by molar-refractivity contribution is 6.01. The fourth-order valence-electron chi connectivity index (χ4n) is 4.95. The zero-order valence-corrected chi connectivity index (χ0v) is 19.1. The number of hydrogen-bond acceptors (Lipinski definition) is 7. The Hall–Kier alpha value is -4.07. The summed E-state index contributed by atoms with van der Waals surface area (Å²) in [5, 5.41) is 20.2. The molecule has 0 bridgehead atoms. The smallest absolute Gasteiger partial charge is 0.233 e. The number of nitrogens with zero attached hydrogens (tertiary/aromatic N) is 1. The van der Waals surface area contributed by atoms with Gasteiger partial charge in [-0.2, -0.15) is 0 Å². The Morgan fingerprint density at radius 2 is 1.91 bits per heavy atom. The van der Waals surface area contributed by atoms with Gasteiger partial charge in [-0.3, -0.25) is 9.59 Å². The molecule has 1 aliphatic heterocycles. The van der Waals surface area contributed by atoms with Crippen LogP contribution in [0.2, 0.25) is 0 Å². The number of Topliss-reactive ketones (excluding diaryl/α,β-unsaturated/α-hetero) is 1. The predicted molar refractivity (Wildman–Crippen MR) is 126 cm³/mol. The monoisotopic (exact) mass is 459 g/mol. The lowest BCUT2D eigenvalue weighted by molar-refractivity contribution is -0.116. The maximum Gasteiger partial charge on any atom is 0.233 e. The number of carbonyl (C=O) groups is 2. The minimum Gasteiger partial charge on any atom is -0.504 e. The van der Waals surface area contributed by atoms with Crippen LogP contribution in [0, 0.1) is 6.92 Å². The first-order valence-electron chi connectivity index (χ1n) is 11.1. The van der Waals surface area contributed by atoms with Gasteiger partial charge >= 0.3 is 0 Å². The molecule has 2 atom stereocenters. The van der Waals surface area contributed by atoms with Crippen molar-refractivity contribution in [3.63, 3.8) is 0 Å². The number of ketones is 1. The first-order valence-corrected chi connectivity index (χ1v) is 11.1. The number of fused-ring (bicyclic) bond motifs is 1. The molecular weight excluding hydrogens is 434 g/mol. The van der Waals surface area contributed by atoms with Crippen molar-refractivity contribution >= 4 is 23.3 Å². The Balaban J connectivity index is 1.55. The highest BCUT2D eigenvalue weighted by atomic mass is 16.5. The van der Waals surface area contributed by atoms with E-state index in [-0.39, 0.29) is 29.3 Å². The molecule has 2 heterocycles. The number of phenolic OH excluding ortho intramolecular Hbond substituents is 1. The second-order valence-corrected chi connectivity index (χ2v) is 8.72. The molecule has 3 aromatic rings. The maximum atomic E-state index is 13.6. The first kappa shape index (κ1) is 21.8. The number of methoxy groups -OCH3 is 1. The third-order valence-corrected chi connectivity index (χ3v) is 6.50. The summed E-state index contributed by atoms with van der Waals surface area (Å²) in [4.78, 5) is 25.0. The van der Waals surface area contributed by atoms with Gasteiger partial charge < -0.3 is 25.0 Å². The molecule has 0 radical (unpaired) electrons. The van der Waals surface area contributed by atoms with E-state index in [0.717, 1.165) is 28.1 Å². The van der Waals surface area contributed by atoms with Crippen LogP contribution in [0.4, 0.5) is 11.6 Å². The van der Waals surface area contributed by atoms with Gasteiger partial charge in [-0.15, -0.1) is 0 Å². The van der Waals surface area contributed by atoms with Crippen LogP contribution in [0.3, 0.4) is 0 Å². The number of ether oxygens (including phenoxy) is 1. The Morgan fingerprint density at radius 3 is 2.62 bits per heavy atom. The quantitative estimate of drug-likeness (QED) is 0.522. The molecule has 2 aromatic carbocycles. The summed E-state index contributed by atoms with van der Waals surface area (Å²) in [7, 11) is 1.50. The summed E-state index contributed by atoms with van der Waals surface area (Å²) in [6.07, 6.45) is 0.948. The van der Waals surface area contributed by atoms with E-state index in [9.17, 15) is 14.7 Å². The third-order valence-electron chi connectivity index (χ3n) is 6.50. The van der Waals surface area contributed by atoms with Crippen molar-refractivity contribution in [2.45, 2.75) is 38.5 Å². The Kier molecular flexibility index (Phi) is 5.36. The number of aryl methyl sites for hydroxylation is 1. The molecule has 34 heavy (non-hydrogen) atoms. The standard InChI is InChI=1S/C26H25N3O5/c1-13-23-24(15-4-7-18(8-5-15)27-14(2)30)25-19(28-26(23)34-29-13)10-17(11-21(25)32)16-6-9-20(31)22(12-16)33-3/h4-9,12,17,24,28,31H,10-11H2,1-3H3,(H,27,30)/t17-,24+/m0/s1. The minimum atomic E-state index is -0.313. The van der Waals surface area contributed by atoms with Crippen molar-refractivity contribution in [3.05, 3.63) is 76.1 Å². The molecule has 0 spiro atoms. The topological polar surface area (TPSA) is 114 Å². The van der Waals surface area contributed by atoms with Gasteiger partial charge in [-0.25, -0.2) is 0 Å². The summed E-state index contributed by atoms with van der Waals surface area (Å²) >= 11 is 0. The Morgan fingerprint density at radius 1 is 1.18 bits per heavy atom. The van der Waals surface area contributed by atoms with Gasteiger partial charge in [0.15, 0.2) is 17.3 Å². The number of rotatable bonds is 4. The molecule has 0 unspecified atom stereocenters. The van der Waals surface area contributed by atoms with Gasteiger partial charge in [0.05, 0.1) is 18.4 Å². The van der Waals surface area contributed by atoms with Crippen LogP contribution in [-0.4, -0.2) is 29.1 Å². The molecule has 8 nitrogen and oxygen atoms in total. The molecule has 0 fully saturated rings. The van der Waals surface area contributed by atoms with Crippen molar-refractivity contribution in [1.29, 1.82) is 0 Å². The molecule has 1 aliphatic carbocycles.